The van der Waals surface area contributed by atoms with Gasteiger partial charge >= 0.3 is 0 Å². The van der Waals surface area contributed by atoms with E-state index >= 15 is 0 Å². The topological polar surface area (TPSA) is 20.3 Å². The average molecular weight is 191 g/mol. The van der Waals surface area contributed by atoms with Gasteiger partial charge in [0, 0.05) is 5.56 Å². The van der Waals surface area contributed by atoms with Gasteiger partial charge in [0.2, 0.25) is 0 Å². The highest BCUT2D eigenvalue weighted by molar-refractivity contribution is 5.81. The highest BCUT2D eigenvalue weighted by atomic mass is 16.1. The fourth-order valence-corrected chi connectivity index (χ4v) is 0.804. The maximum Gasteiger partial charge on any atom is 0.150 e. The summed E-state index contributed by atoms with van der Waals surface area (Å²) in [6, 6.07) is 7.33. The number of nitrogens with zero attached hydrogens (tertiary/aromatic N) is 1. The predicted molar refractivity (Wildman–Crippen MR) is 61.5 cm³/mol. The van der Waals surface area contributed by atoms with Crippen molar-refractivity contribution in [2.24, 2.45) is 0 Å². The summed E-state index contributed by atoms with van der Waals surface area (Å²) in [4.78, 5) is 12.3. The summed E-state index contributed by atoms with van der Waals surface area (Å²) >= 11 is 0. The number of carbonyl (C=O) groups excluding carboxylic acids is 1. The third-order valence-corrected chi connectivity index (χ3v) is 1.34. The summed E-state index contributed by atoms with van der Waals surface area (Å²) in [5.74, 6) is 0. The molecule has 2 heteroatoms. The van der Waals surface area contributed by atoms with Crippen LogP contribution in [0.1, 0.15) is 15.9 Å². The molecule has 0 N–H and O–H groups in total. The molecule has 0 aliphatic rings. The fraction of sp³-hybridized carbons (Fsp3) is 0.250. The number of benzene rings is 1. The number of rotatable bonds is 2. The Balaban J connectivity index is 0.000000364. The van der Waals surface area contributed by atoms with Gasteiger partial charge in [0.1, 0.15) is 0 Å². The van der Waals surface area contributed by atoms with Crippen molar-refractivity contribution in [1.82, 2.24) is 4.90 Å². The van der Waals surface area contributed by atoms with Crippen LogP contribution in [0.2, 0.25) is 0 Å². The molecule has 0 aliphatic heterocycles. The van der Waals surface area contributed by atoms with Crippen LogP contribution in [-0.2, 0) is 0 Å². The zero-order valence-electron chi connectivity index (χ0n) is 9.03. The van der Waals surface area contributed by atoms with E-state index in [-0.39, 0.29) is 0 Å². The van der Waals surface area contributed by atoms with Gasteiger partial charge in [-0.1, -0.05) is 36.9 Å². The molecule has 0 aliphatic carbocycles. The summed E-state index contributed by atoms with van der Waals surface area (Å²) in [6.45, 7) is 3.58. The van der Waals surface area contributed by atoms with E-state index in [1.54, 1.807) is 12.1 Å². The van der Waals surface area contributed by atoms with Crippen LogP contribution in [0.3, 0.4) is 0 Å². The Hall–Kier alpha value is -1.41. The second-order valence-corrected chi connectivity index (χ2v) is 3.29. The molecule has 0 fully saturated rings. The van der Waals surface area contributed by atoms with Gasteiger partial charge in [-0.25, -0.2) is 0 Å². The number of aldehydes is 1. The van der Waals surface area contributed by atoms with E-state index < -0.39 is 0 Å². The standard InChI is InChI=1S/C9H8O.C3H9N/c1-2-8-5-3-4-6-9(8)7-10;1-4(2)3/h2-7H,1H2;1-3H3. The molecule has 14 heavy (non-hydrogen) atoms. The van der Waals surface area contributed by atoms with E-state index in [0.717, 1.165) is 11.8 Å². The minimum Gasteiger partial charge on any atom is -0.312 e. The lowest BCUT2D eigenvalue weighted by Crippen LogP contribution is -1.99. The minimum absolute atomic E-state index is 0.692. The monoisotopic (exact) mass is 191 g/mol. The van der Waals surface area contributed by atoms with E-state index in [1.807, 2.05) is 44.2 Å². The quantitative estimate of drug-likeness (QED) is 0.669. The van der Waals surface area contributed by atoms with Crippen molar-refractivity contribution in [3.63, 3.8) is 0 Å². The highest BCUT2D eigenvalue weighted by Gasteiger charge is 1.92. The Labute approximate surface area is 85.9 Å². The van der Waals surface area contributed by atoms with Gasteiger partial charge in [-0.15, -0.1) is 0 Å². The van der Waals surface area contributed by atoms with Crippen LogP contribution in [0.4, 0.5) is 0 Å². The lowest BCUT2D eigenvalue weighted by molar-refractivity contribution is 0.112. The molecule has 0 radical (unpaired) electrons. The first-order valence-electron chi connectivity index (χ1n) is 4.39. The minimum atomic E-state index is 0.692. The van der Waals surface area contributed by atoms with Gasteiger partial charge in [-0.05, 0) is 26.7 Å². The van der Waals surface area contributed by atoms with Gasteiger partial charge in [-0.2, -0.15) is 0 Å². The van der Waals surface area contributed by atoms with Gasteiger partial charge in [0.05, 0.1) is 0 Å². The molecule has 0 spiro atoms. The van der Waals surface area contributed by atoms with E-state index in [0.29, 0.717) is 5.56 Å². The maximum atomic E-state index is 10.3. The molecular weight excluding hydrogens is 174 g/mol. The summed E-state index contributed by atoms with van der Waals surface area (Å²) in [5.41, 5.74) is 1.58. The van der Waals surface area contributed by atoms with Crippen LogP contribution in [0.15, 0.2) is 30.8 Å². The van der Waals surface area contributed by atoms with Crippen LogP contribution in [0.5, 0.6) is 0 Å². The van der Waals surface area contributed by atoms with Crippen LogP contribution in [-0.4, -0.2) is 32.3 Å². The lowest BCUT2D eigenvalue weighted by atomic mass is 10.1. The Morgan fingerprint density at radius 2 is 1.57 bits per heavy atom. The van der Waals surface area contributed by atoms with Crippen LogP contribution >= 0.6 is 0 Å². The first-order valence-corrected chi connectivity index (χ1v) is 4.39. The molecule has 0 saturated carbocycles. The first-order chi connectivity index (χ1) is 6.61. The number of hydrogen-bond acceptors (Lipinski definition) is 2. The van der Waals surface area contributed by atoms with Crippen molar-refractivity contribution >= 4 is 12.4 Å². The van der Waals surface area contributed by atoms with Crippen LogP contribution in [0, 0.1) is 0 Å². The molecule has 1 rings (SSSR count). The molecule has 0 amide bonds. The van der Waals surface area contributed by atoms with E-state index in [9.17, 15) is 4.79 Å². The predicted octanol–water partition coefficient (Wildman–Crippen LogP) is 2.32. The summed E-state index contributed by atoms with van der Waals surface area (Å²) in [7, 11) is 6.00. The highest BCUT2D eigenvalue weighted by Crippen LogP contribution is 2.06. The molecule has 0 bridgehead atoms. The van der Waals surface area contributed by atoms with Crippen molar-refractivity contribution < 1.29 is 4.79 Å². The van der Waals surface area contributed by atoms with E-state index in [2.05, 4.69) is 6.58 Å². The molecule has 0 saturated heterocycles. The van der Waals surface area contributed by atoms with Crippen LogP contribution < -0.4 is 0 Å². The molecule has 0 heterocycles. The summed E-state index contributed by atoms with van der Waals surface area (Å²) in [6.07, 6.45) is 2.50. The molecule has 0 unspecified atom stereocenters. The van der Waals surface area contributed by atoms with Gasteiger partial charge in [-0.3, -0.25) is 4.79 Å². The second-order valence-electron chi connectivity index (χ2n) is 3.29. The Morgan fingerprint density at radius 3 is 1.86 bits per heavy atom. The zero-order chi connectivity index (χ0) is 11.0. The largest absolute Gasteiger partial charge is 0.312 e. The van der Waals surface area contributed by atoms with Crippen LogP contribution in [0.25, 0.3) is 6.08 Å². The molecule has 0 aromatic heterocycles. The molecule has 76 valence electrons. The Morgan fingerprint density at radius 1 is 1.14 bits per heavy atom. The third kappa shape index (κ3) is 5.27. The third-order valence-electron chi connectivity index (χ3n) is 1.34. The van der Waals surface area contributed by atoms with Crippen molar-refractivity contribution in [2.75, 3.05) is 21.1 Å². The molecule has 2 nitrogen and oxygen atoms in total. The second kappa shape index (κ2) is 7.04. The smallest absolute Gasteiger partial charge is 0.150 e. The van der Waals surface area contributed by atoms with E-state index in [4.69, 9.17) is 0 Å². The van der Waals surface area contributed by atoms with E-state index in [1.165, 1.54) is 0 Å². The fourth-order valence-electron chi connectivity index (χ4n) is 0.804. The Kier molecular flexibility index (Phi) is 6.33. The zero-order valence-corrected chi connectivity index (χ0v) is 9.03. The van der Waals surface area contributed by atoms with Crippen molar-refractivity contribution in [3.05, 3.63) is 42.0 Å². The van der Waals surface area contributed by atoms with Crippen molar-refractivity contribution in [3.8, 4) is 0 Å². The summed E-state index contributed by atoms with van der Waals surface area (Å²) in [5, 5.41) is 0. The average Bonchev–Trinajstić information content (AvgIpc) is 2.17. The first kappa shape index (κ1) is 12.6. The van der Waals surface area contributed by atoms with Gasteiger partial charge in [0.15, 0.2) is 6.29 Å². The normalized spacial score (nSPS) is 8.86. The number of hydrogen-bond donors (Lipinski definition) is 0. The van der Waals surface area contributed by atoms with Crippen molar-refractivity contribution in [2.45, 2.75) is 0 Å². The van der Waals surface area contributed by atoms with Gasteiger partial charge in [0.25, 0.3) is 0 Å². The molecular formula is C12H17NO. The van der Waals surface area contributed by atoms with Crippen molar-refractivity contribution in [1.29, 1.82) is 0 Å². The molecule has 0 atom stereocenters. The Bertz CT molecular complexity index is 262. The van der Waals surface area contributed by atoms with Gasteiger partial charge < -0.3 is 4.90 Å². The molecule has 1 aromatic rings. The molecule has 1 aromatic carbocycles. The number of carbonyl (C=O) groups is 1. The lowest BCUT2D eigenvalue weighted by Gasteiger charge is -1.94. The SMILES string of the molecule is C=Cc1ccccc1C=O.CN(C)C. The summed E-state index contributed by atoms with van der Waals surface area (Å²) < 4.78 is 0. The maximum absolute atomic E-state index is 10.3.